The molecule has 156 valence electrons. The predicted molar refractivity (Wildman–Crippen MR) is 110 cm³/mol. The van der Waals surface area contributed by atoms with Crippen molar-refractivity contribution in [1.29, 1.82) is 0 Å². The van der Waals surface area contributed by atoms with Gasteiger partial charge in [-0.05, 0) is 32.4 Å². The van der Waals surface area contributed by atoms with Crippen LogP contribution in [0.1, 0.15) is 44.1 Å². The van der Waals surface area contributed by atoms with Crippen molar-refractivity contribution in [2.75, 3.05) is 26.2 Å². The minimum Gasteiger partial charge on any atom is -0.336 e. The second-order valence-corrected chi connectivity index (χ2v) is 7.50. The molecule has 0 aromatic carbocycles. The van der Waals surface area contributed by atoms with E-state index in [1.165, 1.54) is 0 Å². The molecule has 9 heteroatoms. The molecule has 0 aliphatic carbocycles. The van der Waals surface area contributed by atoms with E-state index in [2.05, 4.69) is 15.3 Å². The molecule has 3 rings (SSSR count). The average Bonchev–Trinajstić information content (AvgIpc) is 2.72. The standard InChI is InChI=1S/C20H28N6O3/c1-4-5-9-26-17-15(7-6-8-21-17)23-16(19(26)28)18(27)24-10-12-25(13-11-24)20(29)22-14(2)3/h6-8,14H,4-5,9-13H2,1-3H3,(H,22,29). The number of fused-ring (bicyclic) bond motifs is 1. The number of aromatic nitrogens is 3. The molecule has 0 bridgehead atoms. The third-order valence-electron chi connectivity index (χ3n) is 4.91. The van der Waals surface area contributed by atoms with Crippen molar-refractivity contribution in [3.8, 4) is 0 Å². The zero-order valence-electron chi connectivity index (χ0n) is 17.2. The number of nitrogens with one attached hydrogen (secondary N) is 1. The fourth-order valence-corrected chi connectivity index (χ4v) is 3.34. The van der Waals surface area contributed by atoms with Gasteiger partial charge < -0.3 is 15.1 Å². The molecule has 2 aromatic heterocycles. The maximum absolute atomic E-state index is 13.1. The van der Waals surface area contributed by atoms with Crippen LogP contribution in [-0.4, -0.2) is 68.5 Å². The Bertz CT molecular complexity index is 947. The maximum atomic E-state index is 13.1. The number of carbonyl (C=O) groups excluding carboxylic acids is 2. The zero-order chi connectivity index (χ0) is 21.0. The summed E-state index contributed by atoms with van der Waals surface area (Å²) in [5.41, 5.74) is 0.537. The highest BCUT2D eigenvalue weighted by Crippen LogP contribution is 2.11. The van der Waals surface area contributed by atoms with Crippen LogP contribution >= 0.6 is 0 Å². The lowest BCUT2D eigenvalue weighted by molar-refractivity contribution is 0.0656. The van der Waals surface area contributed by atoms with E-state index in [1.807, 2.05) is 20.8 Å². The number of amides is 3. The monoisotopic (exact) mass is 400 g/mol. The fourth-order valence-electron chi connectivity index (χ4n) is 3.34. The van der Waals surface area contributed by atoms with Crippen LogP contribution in [0.3, 0.4) is 0 Å². The molecule has 29 heavy (non-hydrogen) atoms. The van der Waals surface area contributed by atoms with E-state index in [-0.39, 0.29) is 17.8 Å². The first-order valence-electron chi connectivity index (χ1n) is 10.1. The van der Waals surface area contributed by atoms with Crippen molar-refractivity contribution in [3.05, 3.63) is 34.4 Å². The molecule has 0 spiro atoms. The van der Waals surface area contributed by atoms with Crippen LogP contribution < -0.4 is 10.9 Å². The Kier molecular flexibility index (Phi) is 6.46. The van der Waals surface area contributed by atoms with Gasteiger partial charge >= 0.3 is 6.03 Å². The number of pyridine rings is 1. The Morgan fingerprint density at radius 2 is 1.86 bits per heavy atom. The molecule has 0 saturated carbocycles. The Balaban J connectivity index is 1.82. The van der Waals surface area contributed by atoms with Crippen LogP contribution in [0.4, 0.5) is 4.79 Å². The third kappa shape index (κ3) is 4.55. The van der Waals surface area contributed by atoms with Crippen molar-refractivity contribution in [3.63, 3.8) is 0 Å². The fraction of sp³-hybridized carbons (Fsp3) is 0.550. The van der Waals surface area contributed by atoms with Gasteiger partial charge in [0, 0.05) is 45.0 Å². The largest absolute Gasteiger partial charge is 0.336 e. The first-order chi connectivity index (χ1) is 13.9. The van der Waals surface area contributed by atoms with Gasteiger partial charge in [-0.1, -0.05) is 13.3 Å². The Labute approximate surface area is 169 Å². The van der Waals surface area contributed by atoms with Gasteiger partial charge in [-0.15, -0.1) is 0 Å². The number of nitrogens with zero attached hydrogens (tertiary/aromatic N) is 5. The maximum Gasteiger partial charge on any atom is 0.317 e. The van der Waals surface area contributed by atoms with E-state index in [0.29, 0.717) is 43.9 Å². The average molecular weight is 400 g/mol. The SMILES string of the molecule is CCCCn1c(=O)c(C(=O)N2CCN(C(=O)NC(C)C)CC2)nc2cccnc21. The van der Waals surface area contributed by atoms with Crippen molar-refractivity contribution in [2.24, 2.45) is 0 Å². The summed E-state index contributed by atoms with van der Waals surface area (Å²) < 4.78 is 1.55. The normalized spacial score (nSPS) is 14.5. The molecule has 0 unspecified atom stereocenters. The smallest absolute Gasteiger partial charge is 0.317 e. The number of hydrogen-bond acceptors (Lipinski definition) is 5. The lowest BCUT2D eigenvalue weighted by Crippen LogP contribution is -2.54. The first kappa shape index (κ1) is 20.8. The van der Waals surface area contributed by atoms with Gasteiger partial charge in [0.15, 0.2) is 11.3 Å². The molecule has 9 nitrogen and oxygen atoms in total. The summed E-state index contributed by atoms with van der Waals surface area (Å²) in [6.07, 6.45) is 3.36. The highest BCUT2D eigenvalue weighted by molar-refractivity contribution is 5.93. The summed E-state index contributed by atoms with van der Waals surface area (Å²) in [7, 11) is 0. The molecule has 1 aliphatic rings. The number of aryl methyl sites for hydroxylation is 1. The number of urea groups is 1. The molecule has 3 heterocycles. The van der Waals surface area contributed by atoms with Crippen molar-refractivity contribution >= 4 is 23.1 Å². The summed E-state index contributed by atoms with van der Waals surface area (Å²) in [6.45, 7) is 7.92. The molecule has 1 aliphatic heterocycles. The minimum atomic E-state index is -0.408. The number of rotatable bonds is 5. The highest BCUT2D eigenvalue weighted by Gasteiger charge is 2.28. The first-order valence-corrected chi connectivity index (χ1v) is 10.1. The van der Waals surface area contributed by atoms with E-state index in [0.717, 1.165) is 12.8 Å². The van der Waals surface area contributed by atoms with Crippen LogP contribution in [0.2, 0.25) is 0 Å². The lowest BCUT2D eigenvalue weighted by atomic mass is 10.2. The van der Waals surface area contributed by atoms with E-state index in [1.54, 1.807) is 32.7 Å². The predicted octanol–water partition coefficient (Wildman–Crippen LogP) is 1.47. The second-order valence-electron chi connectivity index (χ2n) is 7.50. The summed E-state index contributed by atoms with van der Waals surface area (Å²) in [5, 5.41) is 2.86. The van der Waals surface area contributed by atoms with E-state index >= 15 is 0 Å². The number of hydrogen-bond donors (Lipinski definition) is 1. The van der Waals surface area contributed by atoms with E-state index in [4.69, 9.17) is 0 Å². The zero-order valence-corrected chi connectivity index (χ0v) is 17.2. The molecule has 2 aromatic rings. The highest BCUT2D eigenvalue weighted by atomic mass is 16.2. The quantitative estimate of drug-likeness (QED) is 0.819. The van der Waals surface area contributed by atoms with Gasteiger partial charge in [0.05, 0.1) is 0 Å². The summed E-state index contributed by atoms with van der Waals surface area (Å²) in [6, 6.07) is 3.42. The van der Waals surface area contributed by atoms with Crippen LogP contribution in [0.25, 0.3) is 11.2 Å². The van der Waals surface area contributed by atoms with Crippen LogP contribution in [0.15, 0.2) is 23.1 Å². The van der Waals surface area contributed by atoms with Gasteiger partial charge in [0.25, 0.3) is 11.5 Å². The molecule has 1 saturated heterocycles. The summed E-state index contributed by atoms with van der Waals surface area (Å²) in [5.74, 6) is -0.394. The molecule has 1 N–H and O–H groups in total. The van der Waals surface area contributed by atoms with Crippen LogP contribution in [-0.2, 0) is 6.54 Å². The summed E-state index contributed by atoms with van der Waals surface area (Å²) in [4.78, 5) is 50.1. The molecule has 3 amide bonds. The summed E-state index contributed by atoms with van der Waals surface area (Å²) >= 11 is 0. The number of unbranched alkanes of at least 4 members (excludes halogenated alkanes) is 1. The van der Waals surface area contributed by atoms with Gasteiger partial charge in [-0.25, -0.2) is 14.8 Å². The van der Waals surface area contributed by atoms with Crippen molar-refractivity contribution < 1.29 is 9.59 Å². The minimum absolute atomic E-state index is 0.0548. The number of carbonyl (C=O) groups is 2. The number of piperazine rings is 1. The molecule has 1 fully saturated rings. The van der Waals surface area contributed by atoms with Crippen LogP contribution in [0, 0.1) is 0 Å². The van der Waals surface area contributed by atoms with Gasteiger partial charge in [0.2, 0.25) is 0 Å². The molecule has 0 radical (unpaired) electrons. The van der Waals surface area contributed by atoms with Gasteiger partial charge in [-0.3, -0.25) is 14.2 Å². The molecular formula is C20H28N6O3. The van der Waals surface area contributed by atoms with E-state index < -0.39 is 11.5 Å². The second kappa shape index (κ2) is 9.02. The van der Waals surface area contributed by atoms with Crippen LogP contribution in [0.5, 0.6) is 0 Å². The Morgan fingerprint density at radius 1 is 1.17 bits per heavy atom. The molecule has 0 atom stereocenters. The van der Waals surface area contributed by atoms with Gasteiger partial charge in [0.1, 0.15) is 5.52 Å². The van der Waals surface area contributed by atoms with Gasteiger partial charge in [-0.2, -0.15) is 0 Å². The van der Waals surface area contributed by atoms with Crippen molar-refractivity contribution in [2.45, 2.75) is 46.2 Å². The molecular weight excluding hydrogens is 372 g/mol. The Morgan fingerprint density at radius 3 is 2.52 bits per heavy atom. The lowest BCUT2D eigenvalue weighted by Gasteiger charge is -2.34. The Hall–Kier alpha value is -2.97. The van der Waals surface area contributed by atoms with E-state index in [9.17, 15) is 14.4 Å². The third-order valence-corrected chi connectivity index (χ3v) is 4.91. The topological polar surface area (TPSA) is 100 Å². The van der Waals surface area contributed by atoms with Crippen molar-refractivity contribution in [1.82, 2.24) is 29.7 Å².